The summed E-state index contributed by atoms with van der Waals surface area (Å²) >= 11 is 2.90. The maximum Gasteiger partial charge on any atom is 0.352 e. The number of nitrogens with one attached hydrogen (secondary N) is 1. The molecule has 0 saturated carbocycles. The number of carbonyl (C=O) groups is 3. The lowest BCUT2D eigenvalue weighted by Gasteiger charge is -2.48. The monoisotopic (exact) mass is 455 g/mol. The topological polar surface area (TPSA) is 118 Å². The van der Waals surface area contributed by atoms with E-state index in [1.54, 1.807) is 5.41 Å². The highest BCUT2D eigenvalue weighted by Gasteiger charge is 2.53. The standard InChI is InChI=1S/C19H25N3O6S2/c1-2-3-4-5-7-28-21-14(13-11-29-10-8-27-13)16(23)20-15-17(24)22-12(19(25)26)6-9-30-18(15)22/h6,11,15,18H,2-5,7-10H2,1H3,(H,20,23)(H,25,26)/t15?,18-/m0/s1. The molecule has 0 aromatic rings. The molecule has 2 atom stereocenters. The minimum absolute atomic E-state index is 0.0150. The van der Waals surface area contributed by atoms with Crippen LogP contribution >= 0.6 is 23.5 Å². The second-order valence-corrected chi connectivity index (χ2v) is 8.94. The fraction of sp³-hybridized carbons (Fsp3) is 0.579. The van der Waals surface area contributed by atoms with E-state index < -0.39 is 29.2 Å². The number of hydrogen-bond donors (Lipinski definition) is 2. The van der Waals surface area contributed by atoms with E-state index in [0.717, 1.165) is 31.4 Å². The van der Waals surface area contributed by atoms with Crippen molar-refractivity contribution in [3.05, 3.63) is 22.9 Å². The first-order valence-corrected chi connectivity index (χ1v) is 12.0. The number of oxime groups is 1. The molecular weight excluding hydrogens is 430 g/mol. The molecule has 0 aromatic carbocycles. The first-order chi connectivity index (χ1) is 14.5. The Morgan fingerprint density at radius 3 is 2.93 bits per heavy atom. The molecule has 1 fully saturated rings. The Morgan fingerprint density at radius 1 is 1.40 bits per heavy atom. The summed E-state index contributed by atoms with van der Waals surface area (Å²) < 4.78 is 5.55. The largest absolute Gasteiger partial charge is 0.490 e. The van der Waals surface area contributed by atoms with Crippen LogP contribution in [0.4, 0.5) is 0 Å². The molecule has 1 saturated heterocycles. The second kappa shape index (κ2) is 10.8. The number of carbonyl (C=O) groups excluding carboxylic acids is 2. The molecular formula is C19H25N3O6S2. The predicted octanol–water partition coefficient (Wildman–Crippen LogP) is 1.91. The maximum absolute atomic E-state index is 12.9. The normalized spacial score (nSPS) is 23.4. The van der Waals surface area contributed by atoms with Gasteiger partial charge in [0.2, 0.25) is 5.71 Å². The molecule has 3 rings (SSSR count). The van der Waals surface area contributed by atoms with Crippen LogP contribution in [-0.2, 0) is 24.0 Å². The summed E-state index contributed by atoms with van der Waals surface area (Å²) in [6, 6.07) is -0.822. The summed E-state index contributed by atoms with van der Waals surface area (Å²) in [5, 5.41) is 17.2. The van der Waals surface area contributed by atoms with Gasteiger partial charge in [-0.15, -0.1) is 23.5 Å². The molecule has 0 spiro atoms. The van der Waals surface area contributed by atoms with Crippen molar-refractivity contribution in [2.24, 2.45) is 5.16 Å². The Kier molecular flexibility index (Phi) is 8.08. The van der Waals surface area contributed by atoms with Gasteiger partial charge in [0.05, 0.1) is 6.61 Å². The van der Waals surface area contributed by atoms with Crippen molar-refractivity contribution < 1.29 is 29.1 Å². The third-order valence-corrected chi connectivity index (χ3v) is 6.66. The zero-order valence-corrected chi connectivity index (χ0v) is 18.3. The van der Waals surface area contributed by atoms with Gasteiger partial charge in [-0.25, -0.2) is 4.79 Å². The number of β-lactam (4-membered cyclic amide) rings is 1. The van der Waals surface area contributed by atoms with Crippen LogP contribution in [0.3, 0.4) is 0 Å². The molecule has 0 bridgehead atoms. The lowest BCUT2D eigenvalue weighted by molar-refractivity contribution is -0.150. The Hall–Kier alpha value is -2.14. The Labute approximate surface area is 183 Å². The number of unbranched alkanes of at least 4 members (excludes halogenated alkanes) is 3. The quantitative estimate of drug-likeness (QED) is 0.222. The molecule has 2 amide bonds. The first-order valence-electron chi connectivity index (χ1n) is 9.88. The molecule has 164 valence electrons. The molecule has 0 radical (unpaired) electrons. The number of amides is 2. The molecule has 0 aromatic heterocycles. The molecule has 2 N–H and O–H groups in total. The summed E-state index contributed by atoms with van der Waals surface area (Å²) in [5.74, 6) is -0.660. The van der Waals surface area contributed by atoms with E-state index in [-0.39, 0.29) is 11.4 Å². The predicted molar refractivity (Wildman–Crippen MR) is 115 cm³/mol. The molecule has 30 heavy (non-hydrogen) atoms. The van der Waals surface area contributed by atoms with Gasteiger partial charge in [0, 0.05) is 16.9 Å². The number of thioether (sulfide) groups is 2. The van der Waals surface area contributed by atoms with Crippen LogP contribution in [-0.4, -0.2) is 69.6 Å². The highest BCUT2D eigenvalue weighted by atomic mass is 32.2. The van der Waals surface area contributed by atoms with Gasteiger partial charge in [0.1, 0.15) is 23.7 Å². The van der Waals surface area contributed by atoms with Crippen LogP contribution in [0.25, 0.3) is 0 Å². The number of fused-ring (bicyclic) bond motifs is 1. The zero-order chi connectivity index (χ0) is 21.5. The molecule has 11 heteroatoms. The van der Waals surface area contributed by atoms with Crippen molar-refractivity contribution in [2.45, 2.75) is 44.0 Å². The van der Waals surface area contributed by atoms with Crippen molar-refractivity contribution in [3.8, 4) is 0 Å². The average Bonchev–Trinajstić information content (AvgIpc) is 2.76. The molecule has 3 aliphatic rings. The fourth-order valence-electron chi connectivity index (χ4n) is 3.14. The van der Waals surface area contributed by atoms with E-state index in [0.29, 0.717) is 24.7 Å². The summed E-state index contributed by atoms with van der Waals surface area (Å²) in [7, 11) is 0. The van der Waals surface area contributed by atoms with E-state index >= 15 is 0 Å². The lowest BCUT2D eigenvalue weighted by atomic mass is 10.0. The number of rotatable bonds is 10. The van der Waals surface area contributed by atoms with Gasteiger partial charge in [0.25, 0.3) is 11.8 Å². The van der Waals surface area contributed by atoms with E-state index in [1.165, 1.54) is 34.5 Å². The zero-order valence-electron chi connectivity index (χ0n) is 16.7. The van der Waals surface area contributed by atoms with Gasteiger partial charge < -0.3 is 20.0 Å². The summed E-state index contributed by atoms with van der Waals surface area (Å²) in [6.45, 7) is 2.95. The average molecular weight is 456 g/mol. The first kappa shape index (κ1) is 22.5. The van der Waals surface area contributed by atoms with Gasteiger partial charge in [-0.3, -0.25) is 14.5 Å². The molecule has 1 unspecified atom stereocenters. The van der Waals surface area contributed by atoms with Crippen LogP contribution in [0.1, 0.15) is 32.6 Å². The van der Waals surface area contributed by atoms with Gasteiger partial charge in [-0.05, 0) is 18.9 Å². The van der Waals surface area contributed by atoms with Gasteiger partial charge in [0.15, 0.2) is 5.76 Å². The number of nitrogens with zero attached hydrogens (tertiary/aromatic N) is 2. The Bertz CT molecular complexity index is 782. The Morgan fingerprint density at radius 2 is 2.23 bits per heavy atom. The van der Waals surface area contributed by atoms with Crippen molar-refractivity contribution in [1.82, 2.24) is 10.2 Å². The summed E-state index contributed by atoms with van der Waals surface area (Å²) in [4.78, 5) is 43.2. The maximum atomic E-state index is 12.9. The number of hydrogen-bond acceptors (Lipinski definition) is 8. The number of carboxylic acids is 1. The highest BCUT2D eigenvalue weighted by Crippen LogP contribution is 2.37. The van der Waals surface area contributed by atoms with Gasteiger partial charge >= 0.3 is 5.97 Å². The SMILES string of the molecule is CCCCCCON=C(C(=O)NC1C(=O)N2C(C(=O)O)=CCS[C@@H]12)C1=CSCCO1. The number of carboxylic acid groups (broad SMARTS) is 1. The molecule has 9 nitrogen and oxygen atoms in total. The van der Waals surface area contributed by atoms with E-state index in [1.807, 2.05) is 0 Å². The summed E-state index contributed by atoms with van der Waals surface area (Å²) in [6.07, 6.45) is 5.57. The van der Waals surface area contributed by atoms with Crippen LogP contribution < -0.4 is 5.32 Å². The van der Waals surface area contributed by atoms with Crippen LogP contribution in [0.5, 0.6) is 0 Å². The van der Waals surface area contributed by atoms with Gasteiger partial charge in [-0.1, -0.05) is 24.9 Å². The van der Waals surface area contributed by atoms with E-state index in [4.69, 9.17) is 9.57 Å². The number of ether oxygens (including phenoxy) is 1. The Balaban J connectivity index is 1.65. The van der Waals surface area contributed by atoms with Crippen molar-refractivity contribution in [2.75, 3.05) is 24.7 Å². The minimum atomic E-state index is -1.16. The van der Waals surface area contributed by atoms with Gasteiger partial charge in [-0.2, -0.15) is 0 Å². The molecule has 3 heterocycles. The van der Waals surface area contributed by atoms with Crippen molar-refractivity contribution in [3.63, 3.8) is 0 Å². The van der Waals surface area contributed by atoms with Crippen LogP contribution in [0.15, 0.2) is 28.1 Å². The summed E-state index contributed by atoms with van der Waals surface area (Å²) in [5.41, 5.74) is -0.0629. The van der Waals surface area contributed by atoms with Crippen molar-refractivity contribution >= 4 is 47.0 Å². The molecule has 0 aliphatic carbocycles. The smallest absolute Gasteiger partial charge is 0.352 e. The molecule has 3 aliphatic heterocycles. The van der Waals surface area contributed by atoms with E-state index in [9.17, 15) is 19.5 Å². The number of aliphatic carboxylic acids is 1. The fourth-order valence-corrected chi connectivity index (χ4v) is 4.97. The lowest BCUT2D eigenvalue weighted by Crippen LogP contribution is -2.70. The highest BCUT2D eigenvalue weighted by molar-refractivity contribution is 8.02. The van der Waals surface area contributed by atoms with Crippen molar-refractivity contribution in [1.29, 1.82) is 0 Å². The second-order valence-electron chi connectivity index (χ2n) is 6.81. The minimum Gasteiger partial charge on any atom is -0.490 e. The third kappa shape index (κ3) is 5.12. The van der Waals surface area contributed by atoms with Crippen LogP contribution in [0.2, 0.25) is 0 Å². The van der Waals surface area contributed by atoms with Crippen LogP contribution in [0, 0.1) is 0 Å². The third-order valence-electron chi connectivity index (χ3n) is 4.69. The van der Waals surface area contributed by atoms with E-state index in [2.05, 4.69) is 17.4 Å².